The summed E-state index contributed by atoms with van der Waals surface area (Å²) in [5.41, 5.74) is -1.10. The number of anilines is 1. The van der Waals surface area contributed by atoms with Crippen molar-refractivity contribution in [2.24, 2.45) is 0 Å². The molecule has 3 rings (SSSR count). The van der Waals surface area contributed by atoms with Crippen LogP contribution >= 0.6 is 11.6 Å². The van der Waals surface area contributed by atoms with Crippen molar-refractivity contribution >= 4 is 35.1 Å². The number of rotatable bonds is 10. The van der Waals surface area contributed by atoms with Gasteiger partial charge in [-0.3, -0.25) is 0 Å². The summed E-state index contributed by atoms with van der Waals surface area (Å²) in [6, 6.07) is -0.231. The van der Waals surface area contributed by atoms with E-state index in [0.29, 0.717) is 25.1 Å². The number of hydrogen-bond acceptors (Lipinski definition) is 8. The zero-order chi connectivity index (χ0) is 29.3. The van der Waals surface area contributed by atoms with E-state index in [1.807, 2.05) is 0 Å². The number of aliphatic carboxylic acids is 2. The minimum Gasteiger partial charge on any atom is -0.493 e. The van der Waals surface area contributed by atoms with Crippen LogP contribution in [0.4, 0.5) is 27.8 Å². The molecule has 40 heavy (non-hydrogen) atoms. The van der Waals surface area contributed by atoms with Gasteiger partial charge in [-0.15, -0.1) is 0 Å². The molecular weight excluding hydrogens is 575 g/mol. The highest BCUT2D eigenvalue weighted by Crippen LogP contribution is 2.39. The smallest absolute Gasteiger partial charge is 0.408 e. The van der Waals surface area contributed by atoms with Gasteiger partial charge < -0.3 is 31.1 Å². The summed E-state index contributed by atoms with van der Waals surface area (Å²) in [7, 11) is 1.75. The maximum atomic E-state index is 14.9. The number of carbonyl (C=O) groups is 2. The quantitative estimate of drug-likeness (QED) is 0.117. The molecule has 0 radical (unpaired) electrons. The molecule has 0 amide bonds. The van der Waals surface area contributed by atoms with Crippen molar-refractivity contribution < 1.29 is 52.0 Å². The lowest BCUT2D eigenvalue weighted by Crippen LogP contribution is -2.34. The van der Waals surface area contributed by atoms with Gasteiger partial charge in [0.05, 0.1) is 17.7 Å². The second-order valence-electron chi connectivity index (χ2n) is 7.58. The fourth-order valence-electron chi connectivity index (χ4n) is 2.91. The first-order valence-corrected chi connectivity index (χ1v) is 11.3. The summed E-state index contributed by atoms with van der Waals surface area (Å²) >= 11 is 6.11. The molecule has 220 valence electrons. The molecule has 0 fully saturated rings. The summed E-state index contributed by atoms with van der Waals surface area (Å²) in [6.45, 7) is 1.70. The molecule has 1 aromatic carbocycles. The van der Waals surface area contributed by atoms with Crippen LogP contribution in [0.25, 0.3) is 16.9 Å². The fourth-order valence-corrected chi connectivity index (χ4v) is 3.17. The molecule has 0 unspecified atom stereocenters. The van der Waals surface area contributed by atoms with Gasteiger partial charge in [-0.25, -0.2) is 18.4 Å². The molecule has 0 bridgehead atoms. The number of ether oxygens (including phenoxy) is 1. The first-order chi connectivity index (χ1) is 18.3. The molecule has 3 aromatic rings. The molecule has 1 atom stereocenters. The number of benzene rings is 1. The maximum absolute atomic E-state index is 14.9. The van der Waals surface area contributed by atoms with Crippen LogP contribution < -0.4 is 15.4 Å². The molecular formula is C22H24ClF5N6O6. The van der Waals surface area contributed by atoms with Gasteiger partial charge in [0.2, 0.25) is 0 Å². The van der Waals surface area contributed by atoms with E-state index in [4.69, 9.17) is 26.6 Å². The van der Waals surface area contributed by atoms with Gasteiger partial charge in [-0.2, -0.15) is 32.8 Å². The van der Waals surface area contributed by atoms with Gasteiger partial charge in [0.25, 0.3) is 5.78 Å². The summed E-state index contributed by atoms with van der Waals surface area (Å²) in [5, 5.41) is 24.1. The highest BCUT2D eigenvalue weighted by Gasteiger charge is 2.37. The number of aromatic nitrogens is 4. The third-order valence-electron chi connectivity index (χ3n) is 4.70. The Morgan fingerprint density at radius 2 is 1.73 bits per heavy atom. The second-order valence-corrected chi connectivity index (χ2v) is 7.94. The zero-order valence-electron chi connectivity index (χ0n) is 20.8. The molecule has 0 spiro atoms. The predicted molar refractivity (Wildman–Crippen MR) is 132 cm³/mol. The number of carboxylic acid groups (broad SMARTS) is 2. The van der Waals surface area contributed by atoms with E-state index in [1.54, 1.807) is 7.05 Å². The van der Waals surface area contributed by atoms with Crippen LogP contribution in [-0.4, -0.2) is 79.6 Å². The Morgan fingerprint density at radius 3 is 2.23 bits per heavy atom. The van der Waals surface area contributed by atoms with Crippen molar-refractivity contribution in [3.8, 4) is 16.9 Å². The largest absolute Gasteiger partial charge is 0.493 e. The van der Waals surface area contributed by atoms with Crippen molar-refractivity contribution in [2.45, 2.75) is 25.6 Å². The molecule has 0 aliphatic rings. The lowest BCUT2D eigenvalue weighted by molar-refractivity contribution is -0.138. The maximum Gasteiger partial charge on any atom is 0.408 e. The Hall–Kier alpha value is -4.09. The van der Waals surface area contributed by atoms with Gasteiger partial charge in [0.1, 0.15) is 40.7 Å². The number of alkyl halides is 3. The van der Waals surface area contributed by atoms with Gasteiger partial charge in [0, 0.05) is 24.3 Å². The van der Waals surface area contributed by atoms with E-state index in [2.05, 4.69) is 25.7 Å². The Balaban J connectivity index is 0.000000777. The van der Waals surface area contributed by atoms with Crippen molar-refractivity contribution in [3.05, 3.63) is 47.4 Å². The third kappa shape index (κ3) is 9.28. The third-order valence-corrected chi connectivity index (χ3v) is 4.97. The molecule has 0 saturated heterocycles. The van der Waals surface area contributed by atoms with Crippen LogP contribution in [0.5, 0.6) is 5.75 Å². The molecule has 0 saturated carbocycles. The van der Waals surface area contributed by atoms with Crippen molar-refractivity contribution in [2.75, 3.05) is 25.5 Å². The molecule has 2 aromatic heterocycles. The SMILES string of the molecule is CNCCCOc1cc(F)c(-c2c(Cl)nc3ncnn3c2N[C@@H](C)C(F)(F)F)c(F)c1.O.O=C(O)C=CC(=O)O. The summed E-state index contributed by atoms with van der Waals surface area (Å²) < 4.78 is 75.5. The van der Waals surface area contributed by atoms with E-state index in [0.717, 1.165) is 29.9 Å². The van der Waals surface area contributed by atoms with Crippen LogP contribution in [0, 0.1) is 11.6 Å². The molecule has 2 heterocycles. The lowest BCUT2D eigenvalue weighted by atomic mass is 10.1. The lowest BCUT2D eigenvalue weighted by Gasteiger charge is -2.21. The van der Waals surface area contributed by atoms with E-state index >= 15 is 0 Å². The Labute approximate surface area is 227 Å². The minimum absolute atomic E-state index is 0. The Morgan fingerprint density at radius 1 is 1.15 bits per heavy atom. The molecule has 12 nitrogen and oxygen atoms in total. The highest BCUT2D eigenvalue weighted by molar-refractivity contribution is 6.33. The van der Waals surface area contributed by atoms with Crippen molar-refractivity contribution in [1.29, 1.82) is 0 Å². The van der Waals surface area contributed by atoms with E-state index in [9.17, 15) is 31.5 Å². The topological polar surface area (TPSA) is 182 Å². The Kier molecular flexibility index (Phi) is 12.6. The summed E-state index contributed by atoms with van der Waals surface area (Å²) in [6.07, 6.45) is -1.91. The average Bonchev–Trinajstić information content (AvgIpc) is 3.29. The van der Waals surface area contributed by atoms with E-state index in [1.165, 1.54) is 0 Å². The highest BCUT2D eigenvalue weighted by atomic mass is 35.5. The standard InChI is InChI=1S/C18H18ClF5N6O.C4H4O4.H2O/c1-9(18(22,23)24)28-16-14(15(19)29-17-26-8-27-30(16)17)13-11(20)6-10(7-12(13)21)31-5-3-4-25-2;5-3(6)1-2-4(7)8;/h6-9,25,28H,3-5H2,1-2H3;1-2H,(H,5,6)(H,7,8);1H2/t9-;;/m0../s1. The molecule has 6 N–H and O–H groups in total. The molecule has 0 aliphatic heterocycles. The van der Waals surface area contributed by atoms with E-state index < -0.39 is 57.9 Å². The van der Waals surface area contributed by atoms with Crippen LogP contribution in [0.3, 0.4) is 0 Å². The average molecular weight is 599 g/mol. The number of fused-ring (bicyclic) bond motifs is 1. The van der Waals surface area contributed by atoms with Gasteiger partial charge in [0.15, 0.2) is 0 Å². The summed E-state index contributed by atoms with van der Waals surface area (Å²) in [4.78, 5) is 26.8. The first-order valence-electron chi connectivity index (χ1n) is 10.9. The fraction of sp³-hybridized carbons (Fsp3) is 0.318. The summed E-state index contributed by atoms with van der Waals surface area (Å²) in [5.74, 6) is -5.31. The van der Waals surface area contributed by atoms with E-state index in [-0.39, 0.29) is 23.6 Å². The van der Waals surface area contributed by atoms with Crippen LogP contribution in [0.1, 0.15) is 13.3 Å². The first kappa shape index (κ1) is 33.9. The van der Waals surface area contributed by atoms with Gasteiger partial charge in [-0.05, 0) is 26.9 Å². The van der Waals surface area contributed by atoms with Gasteiger partial charge in [-0.1, -0.05) is 11.6 Å². The van der Waals surface area contributed by atoms with Crippen LogP contribution in [-0.2, 0) is 9.59 Å². The number of nitrogens with one attached hydrogen (secondary N) is 2. The normalized spacial score (nSPS) is 11.9. The molecule has 0 aliphatic carbocycles. The van der Waals surface area contributed by atoms with Crippen LogP contribution in [0.15, 0.2) is 30.6 Å². The zero-order valence-corrected chi connectivity index (χ0v) is 21.5. The Bertz CT molecular complexity index is 1310. The minimum atomic E-state index is -4.65. The number of carboxylic acids is 2. The predicted octanol–water partition coefficient (Wildman–Crippen LogP) is 2.96. The van der Waals surface area contributed by atoms with Crippen LogP contribution in [0.2, 0.25) is 5.15 Å². The number of halogens is 6. The van der Waals surface area contributed by atoms with Crippen molar-refractivity contribution in [1.82, 2.24) is 24.9 Å². The molecule has 18 heteroatoms. The van der Waals surface area contributed by atoms with Crippen molar-refractivity contribution in [3.63, 3.8) is 0 Å². The second kappa shape index (κ2) is 14.9. The van der Waals surface area contributed by atoms with Gasteiger partial charge >= 0.3 is 18.1 Å². The number of hydrogen-bond donors (Lipinski definition) is 4. The monoisotopic (exact) mass is 598 g/mol. The number of nitrogens with zero attached hydrogens (tertiary/aromatic N) is 4.